The molecule has 0 spiro atoms. The van der Waals surface area contributed by atoms with Gasteiger partial charge in [-0.25, -0.2) is 13.2 Å². The zero-order valence-corrected chi connectivity index (χ0v) is 16.5. The quantitative estimate of drug-likeness (QED) is 0.467. The molecule has 11 heteroatoms. The van der Waals surface area contributed by atoms with Gasteiger partial charge < -0.3 is 9.30 Å². The van der Waals surface area contributed by atoms with Crippen molar-refractivity contribution < 1.29 is 31.1 Å². The van der Waals surface area contributed by atoms with Crippen molar-refractivity contribution in [1.82, 2.24) is 14.8 Å². The third-order valence-electron chi connectivity index (χ3n) is 4.26. The van der Waals surface area contributed by atoms with E-state index >= 15 is 0 Å². The van der Waals surface area contributed by atoms with Gasteiger partial charge in [-0.2, -0.15) is 13.2 Å². The highest BCUT2D eigenvalue weighted by Crippen LogP contribution is 2.39. The molecular weight excluding hydrogens is 436 g/mol. The average molecular weight is 450 g/mol. The van der Waals surface area contributed by atoms with Crippen LogP contribution in [0, 0.1) is 17.5 Å². The van der Waals surface area contributed by atoms with E-state index in [1.165, 1.54) is 31.5 Å². The lowest BCUT2D eigenvalue weighted by Crippen LogP contribution is -2.30. The summed E-state index contributed by atoms with van der Waals surface area (Å²) >= 11 is 5.70. The van der Waals surface area contributed by atoms with Gasteiger partial charge >= 0.3 is 6.18 Å². The molecule has 30 heavy (non-hydrogen) atoms. The Kier molecular flexibility index (Phi) is 5.48. The van der Waals surface area contributed by atoms with Crippen LogP contribution in [-0.4, -0.2) is 14.8 Å². The number of ether oxygens (including phenoxy) is 1. The van der Waals surface area contributed by atoms with Gasteiger partial charge in [-0.1, -0.05) is 11.6 Å². The van der Waals surface area contributed by atoms with Crippen LogP contribution < -0.4 is 4.74 Å². The zero-order valence-electron chi connectivity index (χ0n) is 15.8. The molecule has 0 radical (unpaired) electrons. The molecule has 0 fully saturated rings. The molecular formula is C19H14ClF6N3O. The summed E-state index contributed by atoms with van der Waals surface area (Å²) in [5.41, 5.74) is -2.85. The van der Waals surface area contributed by atoms with Gasteiger partial charge in [-0.15, -0.1) is 10.2 Å². The number of hydrogen-bond donors (Lipinski definition) is 0. The fourth-order valence-corrected chi connectivity index (χ4v) is 3.13. The lowest BCUT2D eigenvalue weighted by molar-refractivity contribution is -0.137. The van der Waals surface area contributed by atoms with E-state index in [0.29, 0.717) is 12.1 Å². The summed E-state index contributed by atoms with van der Waals surface area (Å²) in [4.78, 5) is 0. The second-order valence-corrected chi connectivity index (χ2v) is 7.34. The molecule has 2 aromatic carbocycles. The number of hydrogen-bond acceptors (Lipinski definition) is 3. The first-order valence-corrected chi connectivity index (χ1v) is 8.79. The van der Waals surface area contributed by atoms with Crippen molar-refractivity contribution in [3.63, 3.8) is 0 Å². The van der Waals surface area contributed by atoms with Crippen molar-refractivity contribution in [3.8, 4) is 17.1 Å². The molecule has 0 N–H and O–H groups in total. The molecule has 160 valence electrons. The summed E-state index contributed by atoms with van der Waals surface area (Å²) in [7, 11) is 1.38. The first-order chi connectivity index (χ1) is 13.8. The highest BCUT2D eigenvalue weighted by atomic mass is 35.5. The minimum Gasteiger partial charge on any atom is -0.474 e. The van der Waals surface area contributed by atoms with E-state index in [4.69, 9.17) is 16.3 Å². The van der Waals surface area contributed by atoms with Crippen molar-refractivity contribution in [1.29, 1.82) is 0 Å². The molecule has 0 unspecified atom stereocenters. The minimum absolute atomic E-state index is 0.0244. The molecule has 1 aromatic heterocycles. The predicted octanol–water partition coefficient (Wildman–Crippen LogP) is 5.89. The largest absolute Gasteiger partial charge is 0.474 e. The maximum Gasteiger partial charge on any atom is 0.417 e. The second kappa shape index (κ2) is 7.50. The Morgan fingerprint density at radius 1 is 0.967 bits per heavy atom. The molecule has 0 bridgehead atoms. The Balaban J connectivity index is 2.06. The third-order valence-corrected chi connectivity index (χ3v) is 4.50. The van der Waals surface area contributed by atoms with Gasteiger partial charge in [0.15, 0.2) is 34.6 Å². The fourth-order valence-electron chi connectivity index (χ4n) is 2.96. The van der Waals surface area contributed by atoms with Crippen molar-refractivity contribution >= 4 is 11.6 Å². The Hall–Kier alpha value is -2.75. The minimum atomic E-state index is -4.71. The van der Waals surface area contributed by atoms with Crippen LogP contribution in [0.5, 0.6) is 5.75 Å². The normalized spacial score (nSPS) is 12.3. The van der Waals surface area contributed by atoms with E-state index in [1.807, 2.05) is 0 Å². The van der Waals surface area contributed by atoms with Gasteiger partial charge in [0.2, 0.25) is 0 Å². The maximum absolute atomic E-state index is 14.0. The van der Waals surface area contributed by atoms with Crippen molar-refractivity contribution in [2.75, 3.05) is 0 Å². The van der Waals surface area contributed by atoms with E-state index in [2.05, 4.69) is 10.2 Å². The number of rotatable bonds is 4. The molecule has 0 aliphatic carbocycles. The van der Waals surface area contributed by atoms with E-state index in [0.717, 1.165) is 12.1 Å². The SMILES string of the molecule is Cn1c(-c2ccc(Cl)cc2C(F)(F)F)nnc1C(C)(C)Oc1c(F)cc(F)cc1F. The van der Waals surface area contributed by atoms with E-state index in [1.54, 1.807) is 0 Å². The summed E-state index contributed by atoms with van der Waals surface area (Å²) in [6, 6.07) is 4.06. The van der Waals surface area contributed by atoms with E-state index in [-0.39, 0.29) is 22.2 Å². The lowest BCUT2D eigenvalue weighted by atomic mass is 10.1. The van der Waals surface area contributed by atoms with Crippen LogP contribution in [0.3, 0.4) is 0 Å². The first-order valence-electron chi connectivity index (χ1n) is 8.42. The smallest absolute Gasteiger partial charge is 0.417 e. The summed E-state index contributed by atoms with van der Waals surface area (Å²) in [5, 5.41) is 7.54. The van der Waals surface area contributed by atoms with E-state index in [9.17, 15) is 26.3 Å². The Morgan fingerprint density at radius 2 is 1.57 bits per heavy atom. The first kappa shape index (κ1) is 21.9. The Labute approximate surface area is 172 Å². The molecule has 0 saturated carbocycles. The second-order valence-electron chi connectivity index (χ2n) is 6.90. The van der Waals surface area contributed by atoms with Gasteiger partial charge in [0.1, 0.15) is 5.82 Å². The molecule has 3 aromatic rings. The van der Waals surface area contributed by atoms with Crippen molar-refractivity contribution in [3.05, 3.63) is 64.2 Å². The van der Waals surface area contributed by atoms with Crippen molar-refractivity contribution in [2.24, 2.45) is 7.05 Å². The monoisotopic (exact) mass is 449 g/mol. The van der Waals surface area contributed by atoms with Crippen LogP contribution in [0.1, 0.15) is 25.2 Å². The highest BCUT2D eigenvalue weighted by Gasteiger charge is 2.37. The Bertz CT molecular complexity index is 1090. The van der Waals surface area contributed by atoms with Gasteiger partial charge in [-0.3, -0.25) is 0 Å². The molecule has 0 amide bonds. The van der Waals surface area contributed by atoms with Crippen LogP contribution in [0.25, 0.3) is 11.4 Å². The van der Waals surface area contributed by atoms with Crippen LogP contribution in [-0.2, 0) is 18.8 Å². The van der Waals surface area contributed by atoms with Gasteiger partial charge in [0.25, 0.3) is 0 Å². The number of aromatic nitrogens is 3. The number of nitrogens with zero attached hydrogens (tertiary/aromatic N) is 3. The molecule has 4 nitrogen and oxygen atoms in total. The van der Waals surface area contributed by atoms with Crippen LogP contribution >= 0.6 is 11.6 Å². The fraction of sp³-hybridized carbons (Fsp3) is 0.263. The number of alkyl halides is 3. The van der Waals surface area contributed by atoms with Gasteiger partial charge in [0, 0.05) is 29.8 Å². The number of halogens is 7. The number of benzene rings is 2. The molecule has 0 saturated heterocycles. The van der Waals surface area contributed by atoms with Crippen LogP contribution in [0.2, 0.25) is 5.02 Å². The van der Waals surface area contributed by atoms with Gasteiger partial charge in [-0.05, 0) is 32.0 Å². The zero-order chi connectivity index (χ0) is 22.4. The lowest BCUT2D eigenvalue weighted by Gasteiger charge is -2.26. The summed E-state index contributed by atoms with van der Waals surface area (Å²) in [5.74, 6) is -4.72. The van der Waals surface area contributed by atoms with Crippen molar-refractivity contribution in [2.45, 2.75) is 25.6 Å². The molecule has 3 rings (SSSR count). The Morgan fingerprint density at radius 3 is 2.13 bits per heavy atom. The standard InChI is InChI=1S/C19H14ClF6N3O/c1-18(2,30-15-13(22)7-10(21)8-14(15)23)17-28-27-16(29(17)3)11-5-4-9(20)6-12(11)19(24,25)26/h4-8H,1-3H3. The topological polar surface area (TPSA) is 39.9 Å². The molecule has 0 aliphatic heterocycles. The third kappa shape index (κ3) is 4.09. The summed E-state index contributed by atoms with van der Waals surface area (Å²) in [6.45, 7) is 2.77. The molecule has 1 heterocycles. The molecule has 0 aliphatic rings. The van der Waals surface area contributed by atoms with Gasteiger partial charge in [0.05, 0.1) is 5.56 Å². The highest BCUT2D eigenvalue weighted by molar-refractivity contribution is 6.30. The molecule has 0 atom stereocenters. The average Bonchev–Trinajstić information content (AvgIpc) is 2.99. The summed E-state index contributed by atoms with van der Waals surface area (Å²) in [6.07, 6.45) is -4.71. The van der Waals surface area contributed by atoms with Crippen LogP contribution in [0.4, 0.5) is 26.3 Å². The predicted molar refractivity (Wildman–Crippen MR) is 96.4 cm³/mol. The van der Waals surface area contributed by atoms with E-state index < -0.39 is 40.5 Å². The summed E-state index contributed by atoms with van der Waals surface area (Å²) < 4.78 is 87.9. The maximum atomic E-state index is 14.0. The van der Waals surface area contributed by atoms with Crippen LogP contribution in [0.15, 0.2) is 30.3 Å².